The van der Waals surface area contributed by atoms with Crippen molar-refractivity contribution in [1.29, 1.82) is 0 Å². The molecule has 5 heteroatoms. The van der Waals surface area contributed by atoms with Crippen molar-refractivity contribution in [2.24, 2.45) is 0 Å². The van der Waals surface area contributed by atoms with Gasteiger partial charge in [-0.2, -0.15) is 0 Å². The summed E-state index contributed by atoms with van der Waals surface area (Å²) in [5.41, 5.74) is 0. The third-order valence-electron chi connectivity index (χ3n) is 3.47. The molecule has 0 spiro atoms. The van der Waals surface area contributed by atoms with Gasteiger partial charge in [0.05, 0.1) is 13.5 Å². The topological polar surface area (TPSA) is 41.6 Å². The number of methoxy groups -OCH3 is 1. The number of esters is 1. The van der Waals surface area contributed by atoms with Crippen molar-refractivity contribution in [2.45, 2.75) is 37.8 Å². The van der Waals surface area contributed by atoms with E-state index in [1.165, 1.54) is 26.4 Å². The molecule has 0 aromatic rings. The first-order chi connectivity index (χ1) is 7.28. The van der Waals surface area contributed by atoms with Gasteiger partial charge in [-0.1, -0.05) is 0 Å². The molecule has 2 aliphatic heterocycles. The molecule has 16 heavy (non-hydrogen) atoms. The zero-order valence-electron chi connectivity index (χ0n) is 9.78. The molecule has 0 aromatic heterocycles. The minimum absolute atomic E-state index is 0. The highest BCUT2D eigenvalue weighted by atomic mass is 35.5. The van der Waals surface area contributed by atoms with E-state index in [4.69, 9.17) is 0 Å². The van der Waals surface area contributed by atoms with Crippen LogP contribution in [0.1, 0.15) is 25.7 Å². The number of likely N-dealkylation sites (tertiary alicyclic amines) is 1. The lowest BCUT2D eigenvalue weighted by molar-refractivity contribution is -0.141. The number of fused-ring (bicyclic) bond motifs is 2. The smallest absolute Gasteiger partial charge is 0.306 e. The number of nitrogens with zero attached hydrogens (tertiary/aromatic N) is 1. The van der Waals surface area contributed by atoms with E-state index >= 15 is 0 Å². The predicted octanol–water partition coefficient (Wildman–Crippen LogP) is 0.798. The lowest BCUT2D eigenvalue weighted by atomic mass is 10.1. The molecule has 2 heterocycles. The number of hydrogen-bond acceptors (Lipinski definition) is 4. The van der Waals surface area contributed by atoms with Crippen LogP contribution in [-0.2, 0) is 9.53 Å². The summed E-state index contributed by atoms with van der Waals surface area (Å²) in [5.74, 6) is -0.0997. The van der Waals surface area contributed by atoms with Crippen molar-refractivity contribution < 1.29 is 9.53 Å². The molecule has 2 fully saturated rings. The standard InChI is InChI=1S/C11H20N2O2.ClH/c1-15-11(14)5-7-13-6-4-9-2-3-10(8-13)12-9;/h9-10,12H,2-8H2,1H3;1H. The maximum atomic E-state index is 11.0. The predicted molar refractivity (Wildman–Crippen MR) is 64.9 cm³/mol. The third-order valence-corrected chi connectivity index (χ3v) is 3.47. The molecule has 94 valence electrons. The van der Waals surface area contributed by atoms with Gasteiger partial charge in [-0.3, -0.25) is 4.79 Å². The summed E-state index contributed by atoms with van der Waals surface area (Å²) in [6.07, 6.45) is 4.36. The van der Waals surface area contributed by atoms with Crippen molar-refractivity contribution in [1.82, 2.24) is 10.2 Å². The van der Waals surface area contributed by atoms with Crippen LogP contribution in [0.4, 0.5) is 0 Å². The summed E-state index contributed by atoms with van der Waals surface area (Å²) >= 11 is 0. The summed E-state index contributed by atoms with van der Waals surface area (Å²) in [5, 5.41) is 3.63. The Morgan fingerprint density at radius 2 is 2.12 bits per heavy atom. The summed E-state index contributed by atoms with van der Waals surface area (Å²) < 4.78 is 4.65. The average molecular weight is 249 g/mol. The molecule has 2 atom stereocenters. The Morgan fingerprint density at radius 3 is 2.88 bits per heavy atom. The fraction of sp³-hybridized carbons (Fsp3) is 0.909. The second kappa shape index (κ2) is 6.42. The van der Waals surface area contributed by atoms with Crippen LogP contribution in [0.5, 0.6) is 0 Å². The summed E-state index contributed by atoms with van der Waals surface area (Å²) in [6, 6.07) is 1.37. The van der Waals surface area contributed by atoms with E-state index in [9.17, 15) is 4.79 Å². The van der Waals surface area contributed by atoms with Crippen LogP contribution in [0.15, 0.2) is 0 Å². The molecule has 2 unspecified atom stereocenters. The Labute approximate surface area is 103 Å². The Morgan fingerprint density at radius 1 is 1.38 bits per heavy atom. The highest BCUT2D eigenvalue weighted by Crippen LogP contribution is 2.20. The largest absolute Gasteiger partial charge is 0.469 e. The zero-order valence-corrected chi connectivity index (χ0v) is 10.6. The van der Waals surface area contributed by atoms with Gasteiger partial charge in [0, 0.05) is 25.2 Å². The molecule has 2 aliphatic rings. The molecule has 2 rings (SSSR count). The van der Waals surface area contributed by atoms with Crippen molar-refractivity contribution in [2.75, 3.05) is 26.7 Å². The number of hydrogen-bond donors (Lipinski definition) is 1. The number of rotatable bonds is 3. The summed E-state index contributed by atoms with van der Waals surface area (Å²) in [6.45, 7) is 3.05. The van der Waals surface area contributed by atoms with E-state index < -0.39 is 0 Å². The highest BCUT2D eigenvalue weighted by molar-refractivity contribution is 5.85. The first kappa shape index (κ1) is 13.7. The Kier molecular flexibility index (Phi) is 5.52. The van der Waals surface area contributed by atoms with Gasteiger partial charge in [-0.25, -0.2) is 0 Å². The first-order valence-electron chi connectivity index (χ1n) is 5.83. The average Bonchev–Trinajstić information content (AvgIpc) is 2.57. The van der Waals surface area contributed by atoms with E-state index in [2.05, 4.69) is 15.0 Å². The molecule has 0 aliphatic carbocycles. The molecular formula is C11H21ClN2O2. The monoisotopic (exact) mass is 248 g/mol. The van der Waals surface area contributed by atoms with Gasteiger partial charge in [0.15, 0.2) is 0 Å². The van der Waals surface area contributed by atoms with E-state index in [0.717, 1.165) is 25.7 Å². The van der Waals surface area contributed by atoms with Gasteiger partial charge in [0.2, 0.25) is 0 Å². The SMILES string of the molecule is COC(=O)CCN1CCC2CCC(C1)N2.Cl. The molecule has 2 bridgehead atoms. The van der Waals surface area contributed by atoms with E-state index in [0.29, 0.717) is 12.5 Å². The lowest BCUT2D eigenvalue weighted by Crippen LogP contribution is -2.36. The zero-order chi connectivity index (χ0) is 10.7. The second-order valence-corrected chi connectivity index (χ2v) is 4.55. The van der Waals surface area contributed by atoms with E-state index in [1.807, 2.05) is 0 Å². The molecule has 1 N–H and O–H groups in total. The second-order valence-electron chi connectivity index (χ2n) is 4.55. The molecule has 0 aromatic carbocycles. The Hall–Kier alpha value is -0.320. The maximum absolute atomic E-state index is 11.0. The molecule has 4 nitrogen and oxygen atoms in total. The fourth-order valence-corrected chi connectivity index (χ4v) is 2.57. The van der Waals surface area contributed by atoms with E-state index in [-0.39, 0.29) is 18.4 Å². The van der Waals surface area contributed by atoms with Gasteiger partial charge < -0.3 is 15.0 Å². The summed E-state index contributed by atoms with van der Waals surface area (Å²) in [7, 11) is 1.45. The van der Waals surface area contributed by atoms with Gasteiger partial charge in [0.1, 0.15) is 0 Å². The van der Waals surface area contributed by atoms with Crippen LogP contribution in [-0.4, -0.2) is 49.7 Å². The minimum Gasteiger partial charge on any atom is -0.469 e. The number of halogens is 1. The van der Waals surface area contributed by atoms with Gasteiger partial charge >= 0.3 is 5.97 Å². The van der Waals surface area contributed by atoms with Crippen molar-refractivity contribution >= 4 is 18.4 Å². The van der Waals surface area contributed by atoms with Gasteiger partial charge in [-0.05, 0) is 25.8 Å². The molecule has 0 saturated carbocycles. The quantitative estimate of drug-likeness (QED) is 0.751. The van der Waals surface area contributed by atoms with Crippen LogP contribution >= 0.6 is 12.4 Å². The van der Waals surface area contributed by atoms with Crippen LogP contribution in [0.25, 0.3) is 0 Å². The number of carbonyl (C=O) groups is 1. The number of carbonyl (C=O) groups excluding carboxylic acids is 1. The summed E-state index contributed by atoms with van der Waals surface area (Å²) in [4.78, 5) is 13.4. The van der Waals surface area contributed by atoms with Crippen molar-refractivity contribution in [3.8, 4) is 0 Å². The lowest BCUT2D eigenvalue weighted by Gasteiger charge is -2.23. The highest BCUT2D eigenvalue weighted by Gasteiger charge is 2.29. The minimum atomic E-state index is -0.0997. The fourth-order valence-electron chi connectivity index (χ4n) is 2.57. The Balaban J connectivity index is 0.00000128. The maximum Gasteiger partial charge on any atom is 0.306 e. The molecule has 2 saturated heterocycles. The Bertz CT molecular complexity index is 238. The van der Waals surface area contributed by atoms with Crippen molar-refractivity contribution in [3.05, 3.63) is 0 Å². The van der Waals surface area contributed by atoms with Crippen molar-refractivity contribution in [3.63, 3.8) is 0 Å². The molecule has 0 amide bonds. The van der Waals surface area contributed by atoms with Crippen LogP contribution in [0.3, 0.4) is 0 Å². The molecule has 0 radical (unpaired) electrons. The molecular weight excluding hydrogens is 228 g/mol. The third kappa shape index (κ3) is 3.61. The van der Waals surface area contributed by atoms with Gasteiger partial charge in [0.25, 0.3) is 0 Å². The number of nitrogens with one attached hydrogen (secondary N) is 1. The number of ether oxygens (including phenoxy) is 1. The first-order valence-corrected chi connectivity index (χ1v) is 5.83. The van der Waals surface area contributed by atoms with Crippen LogP contribution < -0.4 is 5.32 Å². The van der Waals surface area contributed by atoms with Crippen LogP contribution in [0.2, 0.25) is 0 Å². The van der Waals surface area contributed by atoms with Crippen LogP contribution in [0, 0.1) is 0 Å². The van der Waals surface area contributed by atoms with E-state index in [1.54, 1.807) is 0 Å². The normalized spacial score (nSPS) is 29.3. The van der Waals surface area contributed by atoms with Gasteiger partial charge in [-0.15, -0.1) is 12.4 Å².